The predicted molar refractivity (Wildman–Crippen MR) is 72.0 cm³/mol. The summed E-state index contributed by atoms with van der Waals surface area (Å²) in [6, 6.07) is 4.65. The van der Waals surface area contributed by atoms with E-state index in [1.165, 1.54) is 12.1 Å². The van der Waals surface area contributed by atoms with Gasteiger partial charge in [0.25, 0.3) is 5.91 Å². The zero-order chi connectivity index (χ0) is 15.5. The number of nitrogens with zero attached hydrogens (tertiary/aromatic N) is 1. The molecule has 0 aliphatic heterocycles. The highest BCUT2D eigenvalue weighted by molar-refractivity contribution is 5.78. The van der Waals surface area contributed by atoms with E-state index in [0.29, 0.717) is 12.6 Å². The number of alkyl halides is 3. The third-order valence-electron chi connectivity index (χ3n) is 3.72. The summed E-state index contributed by atoms with van der Waals surface area (Å²) >= 11 is 0. The fraction of sp³-hybridized carbons (Fsp3) is 0.533. The quantitative estimate of drug-likeness (QED) is 0.833. The number of likely N-dealkylation sites (N-methyl/N-ethyl adjacent to an activating group) is 1. The van der Waals surface area contributed by atoms with Gasteiger partial charge >= 0.3 is 6.18 Å². The maximum atomic E-state index is 12.4. The van der Waals surface area contributed by atoms with Crippen LogP contribution in [0.4, 0.5) is 13.2 Å². The van der Waals surface area contributed by atoms with Gasteiger partial charge < -0.3 is 9.64 Å². The second kappa shape index (κ2) is 6.37. The van der Waals surface area contributed by atoms with Crippen LogP contribution in [0.15, 0.2) is 24.3 Å². The molecule has 116 valence electrons. The number of halogens is 3. The van der Waals surface area contributed by atoms with Crippen molar-refractivity contribution in [3.8, 4) is 5.75 Å². The Labute approximate surface area is 121 Å². The predicted octanol–water partition coefficient (Wildman–Crippen LogP) is 3.49. The molecule has 1 aliphatic rings. The van der Waals surface area contributed by atoms with E-state index in [9.17, 15) is 18.0 Å². The Kier molecular flexibility index (Phi) is 4.75. The summed E-state index contributed by atoms with van der Waals surface area (Å²) in [6.07, 6.45) is -1.20. The van der Waals surface area contributed by atoms with Crippen molar-refractivity contribution in [1.82, 2.24) is 4.90 Å². The first-order valence-corrected chi connectivity index (χ1v) is 7.01. The summed E-state index contributed by atoms with van der Waals surface area (Å²) in [5.41, 5.74) is -0.731. The molecule has 0 N–H and O–H groups in total. The third kappa shape index (κ3) is 3.89. The van der Waals surface area contributed by atoms with Gasteiger partial charge in [0, 0.05) is 12.6 Å². The molecule has 1 fully saturated rings. The van der Waals surface area contributed by atoms with E-state index < -0.39 is 11.7 Å². The molecule has 0 bridgehead atoms. The average Bonchev–Trinajstić information content (AvgIpc) is 2.39. The molecule has 21 heavy (non-hydrogen) atoms. The van der Waals surface area contributed by atoms with Gasteiger partial charge in [-0.25, -0.2) is 0 Å². The molecule has 1 aromatic rings. The highest BCUT2D eigenvalue weighted by Crippen LogP contribution is 2.30. The molecule has 0 unspecified atom stereocenters. The molecule has 1 aromatic carbocycles. The van der Waals surface area contributed by atoms with Crippen LogP contribution < -0.4 is 4.74 Å². The van der Waals surface area contributed by atoms with Crippen LogP contribution >= 0.6 is 0 Å². The summed E-state index contributed by atoms with van der Waals surface area (Å²) in [4.78, 5) is 13.8. The first kappa shape index (κ1) is 15.7. The lowest BCUT2D eigenvalue weighted by Crippen LogP contribution is -2.46. The lowest BCUT2D eigenvalue weighted by atomic mass is 9.91. The Bertz CT molecular complexity index is 481. The van der Waals surface area contributed by atoms with Gasteiger partial charge in [-0.15, -0.1) is 0 Å². The van der Waals surface area contributed by atoms with E-state index in [0.717, 1.165) is 31.4 Å². The molecular formula is C15H18F3NO2. The van der Waals surface area contributed by atoms with Crippen LogP contribution in [0.5, 0.6) is 5.75 Å². The van der Waals surface area contributed by atoms with Gasteiger partial charge in [-0.2, -0.15) is 13.2 Å². The van der Waals surface area contributed by atoms with Gasteiger partial charge in [-0.1, -0.05) is 0 Å². The molecule has 1 saturated carbocycles. The molecule has 1 aliphatic carbocycles. The van der Waals surface area contributed by atoms with Crippen LogP contribution in [-0.4, -0.2) is 30.0 Å². The van der Waals surface area contributed by atoms with E-state index in [-0.39, 0.29) is 18.3 Å². The van der Waals surface area contributed by atoms with Crippen LogP contribution in [0.2, 0.25) is 0 Å². The summed E-state index contributed by atoms with van der Waals surface area (Å²) in [6.45, 7) is 2.39. The molecule has 2 rings (SSSR count). The normalized spacial score (nSPS) is 15.4. The van der Waals surface area contributed by atoms with Crippen LogP contribution in [0, 0.1) is 0 Å². The number of carbonyl (C=O) groups excluding carboxylic acids is 1. The van der Waals surface area contributed by atoms with Crippen molar-refractivity contribution in [2.45, 2.75) is 38.4 Å². The first-order valence-electron chi connectivity index (χ1n) is 7.01. The van der Waals surface area contributed by atoms with Gasteiger partial charge in [0.2, 0.25) is 0 Å². The second-order valence-electron chi connectivity index (χ2n) is 5.08. The molecule has 0 heterocycles. The van der Waals surface area contributed by atoms with Gasteiger partial charge in [0.1, 0.15) is 5.75 Å². The SMILES string of the molecule is CCN(C(=O)COc1ccc(C(F)(F)F)cc1)C1CCC1. The zero-order valence-corrected chi connectivity index (χ0v) is 11.8. The molecular weight excluding hydrogens is 283 g/mol. The van der Waals surface area contributed by atoms with Crippen molar-refractivity contribution in [1.29, 1.82) is 0 Å². The molecule has 0 atom stereocenters. The van der Waals surface area contributed by atoms with E-state index in [1.54, 1.807) is 4.90 Å². The minimum Gasteiger partial charge on any atom is -0.484 e. The number of hydrogen-bond acceptors (Lipinski definition) is 2. The lowest BCUT2D eigenvalue weighted by Gasteiger charge is -2.36. The first-order chi connectivity index (χ1) is 9.91. The van der Waals surface area contributed by atoms with Crippen molar-refractivity contribution >= 4 is 5.91 Å². The Morgan fingerprint density at radius 1 is 1.29 bits per heavy atom. The summed E-state index contributed by atoms with van der Waals surface area (Å²) in [5.74, 6) is 0.142. The standard InChI is InChI=1S/C15H18F3NO2/c1-2-19(12-4-3-5-12)14(20)10-21-13-8-6-11(7-9-13)15(16,17)18/h6-9,12H,2-5,10H2,1H3. The largest absolute Gasteiger partial charge is 0.484 e. The minimum absolute atomic E-state index is 0.123. The number of rotatable bonds is 5. The van der Waals surface area contributed by atoms with E-state index in [4.69, 9.17) is 4.74 Å². The molecule has 6 heteroatoms. The van der Waals surface area contributed by atoms with Crippen LogP contribution in [-0.2, 0) is 11.0 Å². The van der Waals surface area contributed by atoms with Gasteiger partial charge in [0.05, 0.1) is 5.56 Å². The maximum Gasteiger partial charge on any atom is 0.416 e. The van der Waals surface area contributed by atoms with Gasteiger partial charge in [-0.05, 0) is 50.5 Å². The molecule has 3 nitrogen and oxygen atoms in total. The maximum absolute atomic E-state index is 12.4. The molecule has 0 spiro atoms. The zero-order valence-electron chi connectivity index (χ0n) is 11.8. The van der Waals surface area contributed by atoms with Crippen molar-refractivity contribution < 1.29 is 22.7 Å². The van der Waals surface area contributed by atoms with Crippen LogP contribution in [0.1, 0.15) is 31.7 Å². The lowest BCUT2D eigenvalue weighted by molar-refractivity contribution is -0.138. The number of carbonyl (C=O) groups is 1. The topological polar surface area (TPSA) is 29.5 Å². The fourth-order valence-corrected chi connectivity index (χ4v) is 2.30. The Hall–Kier alpha value is -1.72. The number of amides is 1. The summed E-state index contributed by atoms with van der Waals surface area (Å²) < 4.78 is 42.5. The van der Waals surface area contributed by atoms with E-state index in [1.807, 2.05) is 6.92 Å². The fourth-order valence-electron chi connectivity index (χ4n) is 2.30. The summed E-state index contributed by atoms with van der Waals surface area (Å²) in [7, 11) is 0. The van der Waals surface area contributed by atoms with Gasteiger partial charge in [0.15, 0.2) is 6.61 Å². The van der Waals surface area contributed by atoms with Crippen molar-refractivity contribution in [2.75, 3.05) is 13.2 Å². The molecule has 0 saturated heterocycles. The van der Waals surface area contributed by atoms with Crippen molar-refractivity contribution in [3.63, 3.8) is 0 Å². The number of benzene rings is 1. The molecule has 0 radical (unpaired) electrons. The number of hydrogen-bond donors (Lipinski definition) is 0. The smallest absolute Gasteiger partial charge is 0.416 e. The Morgan fingerprint density at radius 3 is 2.33 bits per heavy atom. The number of ether oxygens (including phenoxy) is 1. The van der Waals surface area contributed by atoms with Crippen molar-refractivity contribution in [3.05, 3.63) is 29.8 Å². The minimum atomic E-state index is -4.36. The third-order valence-corrected chi connectivity index (χ3v) is 3.72. The Morgan fingerprint density at radius 2 is 1.90 bits per heavy atom. The van der Waals surface area contributed by atoms with Crippen molar-refractivity contribution in [2.24, 2.45) is 0 Å². The summed E-state index contributed by atoms with van der Waals surface area (Å²) in [5, 5.41) is 0. The second-order valence-corrected chi connectivity index (χ2v) is 5.08. The monoisotopic (exact) mass is 301 g/mol. The highest BCUT2D eigenvalue weighted by atomic mass is 19.4. The Balaban J connectivity index is 1.88. The van der Waals surface area contributed by atoms with Crippen LogP contribution in [0.3, 0.4) is 0 Å². The average molecular weight is 301 g/mol. The molecule has 1 amide bonds. The van der Waals surface area contributed by atoms with Gasteiger partial charge in [-0.3, -0.25) is 4.79 Å². The highest BCUT2D eigenvalue weighted by Gasteiger charge is 2.30. The molecule has 0 aromatic heterocycles. The van der Waals surface area contributed by atoms with E-state index in [2.05, 4.69) is 0 Å². The van der Waals surface area contributed by atoms with E-state index >= 15 is 0 Å². The van der Waals surface area contributed by atoms with Crippen LogP contribution in [0.25, 0.3) is 0 Å².